The number of carbonyl (C=O) groups is 1. The van der Waals surface area contributed by atoms with Crippen LogP contribution >= 0.6 is 15.9 Å². The number of rotatable bonds is 6. The van der Waals surface area contributed by atoms with E-state index in [1.54, 1.807) is 13.8 Å². The van der Waals surface area contributed by atoms with Crippen molar-refractivity contribution in [1.82, 2.24) is 14.9 Å². The minimum absolute atomic E-state index is 0.00609. The van der Waals surface area contributed by atoms with Gasteiger partial charge in [0.2, 0.25) is 11.8 Å². The fourth-order valence-corrected chi connectivity index (χ4v) is 2.77. The molecule has 2 rings (SSSR count). The highest BCUT2D eigenvalue weighted by Gasteiger charge is 2.26. The summed E-state index contributed by atoms with van der Waals surface area (Å²) >= 11 is 3.12. The largest absolute Gasteiger partial charge is 0.472 e. The average Bonchev–Trinajstić information content (AvgIpc) is 2.62. The van der Waals surface area contributed by atoms with Gasteiger partial charge in [0.05, 0.1) is 0 Å². The Labute approximate surface area is 162 Å². The zero-order valence-corrected chi connectivity index (χ0v) is 16.5. The molecule has 0 saturated carbocycles. The lowest BCUT2D eigenvalue weighted by molar-refractivity contribution is -0.122. The Morgan fingerprint density at radius 1 is 1.41 bits per heavy atom. The summed E-state index contributed by atoms with van der Waals surface area (Å²) in [4.78, 5) is 28.8. The van der Waals surface area contributed by atoms with Gasteiger partial charge in [0.25, 0.3) is 5.56 Å². The van der Waals surface area contributed by atoms with E-state index in [1.165, 1.54) is 17.7 Å². The normalized spacial score (nSPS) is 12.1. The van der Waals surface area contributed by atoms with Crippen molar-refractivity contribution in [2.75, 3.05) is 7.05 Å². The number of carbonyl (C=O) groups excluding carboxylic acids is 1. The molecule has 1 aromatic heterocycles. The number of hydrogen-bond donors (Lipinski definition) is 2. The lowest BCUT2D eigenvalue weighted by atomic mass is 10.2. The first kappa shape index (κ1) is 21.0. The lowest BCUT2D eigenvalue weighted by Gasteiger charge is -2.21. The van der Waals surface area contributed by atoms with Crippen molar-refractivity contribution >= 4 is 21.8 Å². The molecule has 0 fully saturated rings. The number of hydrogen-bond acceptors (Lipinski definition) is 5. The van der Waals surface area contributed by atoms with Crippen molar-refractivity contribution < 1.29 is 18.3 Å². The van der Waals surface area contributed by atoms with Crippen LogP contribution in [0.1, 0.15) is 37.3 Å². The molecule has 146 valence electrons. The highest BCUT2D eigenvalue weighted by Crippen LogP contribution is 2.24. The van der Waals surface area contributed by atoms with Gasteiger partial charge in [0.15, 0.2) is 0 Å². The van der Waals surface area contributed by atoms with Crippen molar-refractivity contribution in [3.8, 4) is 5.88 Å². The average molecular weight is 445 g/mol. The molecule has 0 aliphatic heterocycles. The van der Waals surface area contributed by atoms with E-state index in [1.807, 2.05) is 0 Å². The Kier molecular flexibility index (Phi) is 6.66. The van der Waals surface area contributed by atoms with Crippen molar-refractivity contribution in [3.63, 3.8) is 0 Å². The van der Waals surface area contributed by atoms with Crippen LogP contribution < -0.4 is 21.3 Å². The van der Waals surface area contributed by atoms with Crippen molar-refractivity contribution in [3.05, 3.63) is 56.0 Å². The molecule has 3 N–H and O–H groups in total. The Hall–Kier alpha value is -2.33. The Balaban J connectivity index is 2.46. The van der Waals surface area contributed by atoms with Gasteiger partial charge in [-0.3, -0.25) is 14.2 Å². The summed E-state index contributed by atoms with van der Waals surface area (Å²) in [7, 11) is 1.41. The van der Waals surface area contributed by atoms with E-state index in [2.05, 4.69) is 26.2 Å². The number of nitrogens with one attached hydrogen (secondary N) is 1. The first-order valence-electron chi connectivity index (χ1n) is 8.03. The van der Waals surface area contributed by atoms with E-state index in [-0.39, 0.29) is 34.4 Å². The van der Waals surface area contributed by atoms with E-state index in [0.717, 1.165) is 12.1 Å². The van der Waals surface area contributed by atoms with Gasteiger partial charge >= 0.3 is 0 Å². The molecular formula is C17H19BrF2N4O3. The minimum atomic E-state index is -1.21. The molecule has 27 heavy (non-hydrogen) atoms. The Morgan fingerprint density at radius 3 is 2.63 bits per heavy atom. The second-order valence-corrected chi connectivity index (χ2v) is 6.77. The molecule has 1 amide bonds. The second kappa shape index (κ2) is 8.57. The number of aromatic nitrogens is 2. The molecule has 7 nitrogen and oxygen atoms in total. The summed E-state index contributed by atoms with van der Waals surface area (Å²) < 4.78 is 33.5. The SMILES string of the molecule is CNC(=O)C(N)c1nc(OCc2ccc(F)cc2F)c(Br)c(=O)n1C(C)C. The standard InChI is InChI=1S/C17H19BrF2N4O3/c1-8(2)24-14(13(21)15(25)22-3)23-16(12(18)17(24)26)27-7-9-4-5-10(19)6-11(9)20/h4-6,8,13H,7,21H2,1-3H3,(H,22,25). The van der Waals surface area contributed by atoms with Gasteiger partial charge in [0, 0.05) is 24.7 Å². The smallest absolute Gasteiger partial charge is 0.272 e. The molecule has 0 saturated heterocycles. The van der Waals surface area contributed by atoms with E-state index < -0.39 is 29.1 Å². The fourth-order valence-electron chi connectivity index (χ4n) is 2.38. The molecule has 0 aliphatic carbocycles. The molecule has 0 spiro atoms. The lowest BCUT2D eigenvalue weighted by Crippen LogP contribution is -2.38. The third-order valence-electron chi connectivity index (χ3n) is 3.76. The van der Waals surface area contributed by atoms with Crippen LogP contribution in [0.5, 0.6) is 5.88 Å². The molecule has 0 bridgehead atoms. The molecule has 2 aromatic rings. The minimum Gasteiger partial charge on any atom is -0.472 e. The van der Waals surface area contributed by atoms with Crippen LogP contribution in [0.3, 0.4) is 0 Å². The number of halogens is 3. The van der Waals surface area contributed by atoms with Crippen LogP contribution in [0.4, 0.5) is 8.78 Å². The molecule has 1 aromatic carbocycles. The number of ether oxygens (including phenoxy) is 1. The van der Waals surface area contributed by atoms with Crippen LogP contribution in [0.25, 0.3) is 0 Å². The van der Waals surface area contributed by atoms with Gasteiger partial charge in [-0.2, -0.15) is 4.98 Å². The molecule has 1 atom stereocenters. The van der Waals surface area contributed by atoms with Crippen molar-refractivity contribution in [2.24, 2.45) is 5.73 Å². The predicted octanol–water partition coefficient (Wildman–Crippen LogP) is 2.19. The fraction of sp³-hybridized carbons (Fsp3) is 0.353. The van der Waals surface area contributed by atoms with Crippen LogP contribution in [0.2, 0.25) is 0 Å². The van der Waals surface area contributed by atoms with E-state index in [4.69, 9.17) is 10.5 Å². The van der Waals surface area contributed by atoms with Crippen LogP contribution in [0.15, 0.2) is 27.5 Å². The van der Waals surface area contributed by atoms with E-state index in [9.17, 15) is 18.4 Å². The molecular weight excluding hydrogens is 426 g/mol. The highest BCUT2D eigenvalue weighted by molar-refractivity contribution is 9.10. The molecule has 10 heteroatoms. The first-order chi connectivity index (χ1) is 12.7. The molecule has 0 aliphatic rings. The third kappa shape index (κ3) is 4.51. The topological polar surface area (TPSA) is 99.2 Å². The number of nitrogens with two attached hydrogens (primary N) is 1. The number of benzene rings is 1. The van der Waals surface area contributed by atoms with Gasteiger partial charge in [-0.15, -0.1) is 0 Å². The Morgan fingerprint density at radius 2 is 2.07 bits per heavy atom. The summed E-state index contributed by atoms with van der Waals surface area (Å²) in [6, 6.07) is 1.52. The van der Waals surface area contributed by atoms with Gasteiger partial charge in [-0.25, -0.2) is 8.78 Å². The van der Waals surface area contributed by atoms with Gasteiger partial charge in [-0.05, 0) is 41.9 Å². The Bertz CT molecular complexity index is 918. The second-order valence-electron chi connectivity index (χ2n) is 5.97. The van der Waals surface area contributed by atoms with Crippen LogP contribution in [-0.4, -0.2) is 22.5 Å². The van der Waals surface area contributed by atoms with Gasteiger partial charge in [0.1, 0.15) is 34.6 Å². The summed E-state index contributed by atoms with van der Waals surface area (Å²) in [6.07, 6.45) is 0. The summed E-state index contributed by atoms with van der Waals surface area (Å²) in [5.41, 5.74) is 5.50. The maximum atomic E-state index is 13.8. The molecule has 1 heterocycles. The third-order valence-corrected chi connectivity index (χ3v) is 4.44. The van der Waals surface area contributed by atoms with Crippen molar-refractivity contribution in [2.45, 2.75) is 32.5 Å². The summed E-state index contributed by atoms with van der Waals surface area (Å²) in [6.45, 7) is 3.19. The van der Waals surface area contributed by atoms with E-state index in [0.29, 0.717) is 0 Å². The maximum Gasteiger partial charge on any atom is 0.272 e. The van der Waals surface area contributed by atoms with Gasteiger partial charge < -0.3 is 15.8 Å². The summed E-state index contributed by atoms with van der Waals surface area (Å²) in [5.74, 6) is -2.17. The number of likely N-dealkylation sites (N-methyl/N-ethyl adjacent to an activating group) is 1. The zero-order valence-electron chi connectivity index (χ0n) is 14.9. The highest BCUT2D eigenvalue weighted by atomic mass is 79.9. The van der Waals surface area contributed by atoms with Gasteiger partial charge in [-0.1, -0.05) is 0 Å². The first-order valence-corrected chi connectivity index (χ1v) is 8.82. The quantitative estimate of drug-likeness (QED) is 0.711. The number of nitrogens with zero attached hydrogens (tertiary/aromatic N) is 2. The van der Waals surface area contributed by atoms with E-state index >= 15 is 0 Å². The van der Waals surface area contributed by atoms with Crippen LogP contribution in [0, 0.1) is 11.6 Å². The molecule has 1 unspecified atom stereocenters. The zero-order chi connectivity index (χ0) is 20.3. The molecule has 0 radical (unpaired) electrons. The number of amides is 1. The maximum absolute atomic E-state index is 13.8. The van der Waals surface area contributed by atoms with Crippen molar-refractivity contribution in [1.29, 1.82) is 0 Å². The predicted molar refractivity (Wildman–Crippen MR) is 98.3 cm³/mol. The summed E-state index contributed by atoms with van der Waals surface area (Å²) in [5, 5.41) is 2.40. The monoisotopic (exact) mass is 444 g/mol. The van der Waals surface area contributed by atoms with Crippen LogP contribution in [-0.2, 0) is 11.4 Å².